The summed E-state index contributed by atoms with van der Waals surface area (Å²) in [6.45, 7) is 1.80. The fourth-order valence-electron chi connectivity index (χ4n) is 2.69. The number of carbonyl (C=O) groups is 1. The third-order valence-corrected chi connectivity index (χ3v) is 3.81. The first-order chi connectivity index (χ1) is 11.7. The van der Waals surface area contributed by atoms with Gasteiger partial charge < -0.3 is 9.73 Å². The highest BCUT2D eigenvalue weighted by molar-refractivity contribution is 6.11. The van der Waals surface area contributed by atoms with Crippen LogP contribution in [0.25, 0.3) is 22.4 Å². The Morgan fingerprint density at radius 3 is 2.88 bits per heavy atom. The van der Waals surface area contributed by atoms with Crippen LogP contribution in [0.15, 0.2) is 59.3 Å². The lowest BCUT2D eigenvalue weighted by molar-refractivity contribution is 0.102. The van der Waals surface area contributed by atoms with Gasteiger partial charge in [-0.05, 0) is 31.2 Å². The van der Waals surface area contributed by atoms with Gasteiger partial charge in [0, 0.05) is 17.3 Å². The van der Waals surface area contributed by atoms with E-state index in [1.54, 1.807) is 31.5 Å². The molecule has 4 aromatic rings. The van der Waals surface area contributed by atoms with E-state index in [4.69, 9.17) is 4.42 Å². The maximum Gasteiger partial charge on any atom is 0.259 e. The molecule has 0 aliphatic carbocycles. The van der Waals surface area contributed by atoms with Gasteiger partial charge in [0.25, 0.3) is 5.91 Å². The Hall–Kier alpha value is -3.41. The molecule has 118 valence electrons. The highest BCUT2D eigenvalue weighted by Gasteiger charge is 2.21. The molecule has 24 heavy (non-hydrogen) atoms. The van der Waals surface area contributed by atoms with Gasteiger partial charge >= 0.3 is 0 Å². The molecule has 0 spiro atoms. The molecule has 1 aromatic carbocycles. The van der Waals surface area contributed by atoms with E-state index in [9.17, 15) is 4.79 Å². The van der Waals surface area contributed by atoms with Crippen LogP contribution < -0.4 is 5.32 Å². The number of aromatic nitrogens is 3. The van der Waals surface area contributed by atoms with Crippen LogP contribution in [0.1, 0.15) is 16.1 Å². The lowest BCUT2D eigenvalue weighted by Gasteiger charge is -2.08. The van der Waals surface area contributed by atoms with Gasteiger partial charge in [0.15, 0.2) is 5.76 Å². The highest BCUT2D eigenvalue weighted by atomic mass is 16.3. The molecule has 3 heterocycles. The largest absolute Gasteiger partial charge is 0.463 e. The molecule has 0 atom stereocenters. The zero-order valence-corrected chi connectivity index (χ0v) is 12.9. The van der Waals surface area contributed by atoms with Gasteiger partial charge in [-0.1, -0.05) is 18.2 Å². The lowest BCUT2D eigenvalue weighted by atomic mass is 10.1. The molecule has 0 radical (unpaired) electrons. The number of furan rings is 1. The Balaban J connectivity index is 1.74. The average molecular weight is 318 g/mol. The van der Waals surface area contributed by atoms with E-state index in [0.29, 0.717) is 28.4 Å². The highest BCUT2D eigenvalue weighted by Crippen LogP contribution is 2.26. The van der Waals surface area contributed by atoms with Crippen molar-refractivity contribution in [3.63, 3.8) is 0 Å². The molecule has 0 fully saturated rings. The second kappa shape index (κ2) is 5.66. The monoisotopic (exact) mass is 318 g/mol. The zero-order chi connectivity index (χ0) is 16.5. The lowest BCUT2D eigenvalue weighted by Crippen LogP contribution is -2.14. The second-order valence-corrected chi connectivity index (χ2v) is 5.38. The van der Waals surface area contributed by atoms with Crippen LogP contribution in [0.4, 0.5) is 5.69 Å². The minimum absolute atomic E-state index is 0.259. The summed E-state index contributed by atoms with van der Waals surface area (Å²) in [5.74, 6) is 0.284. The molecule has 4 rings (SSSR count). The van der Waals surface area contributed by atoms with Crippen molar-refractivity contribution in [3.8, 4) is 11.5 Å². The van der Waals surface area contributed by atoms with Gasteiger partial charge in [-0.3, -0.25) is 14.9 Å². The van der Waals surface area contributed by atoms with Crippen LogP contribution in [0.3, 0.4) is 0 Å². The van der Waals surface area contributed by atoms with Crippen LogP contribution in [0.5, 0.6) is 0 Å². The van der Waals surface area contributed by atoms with Crippen LogP contribution in [-0.2, 0) is 0 Å². The quantitative estimate of drug-likeness (QED) is 0.602. The predicted octanol–water partition coefficient (Wildman–Crippen LogP) is 3.78. The number of rotatable bonds is 3. The maximum absolute atomic E-state index is 12.8. The smallest absolute Gasteiger partial charge is 0.259 e. The number of hydrogen-bond acceptors (Lipinski definition) is 4. The van der Waals surface area contributed by atoms with E-state index in [-0.39, 0.29) is 5.91 Å². The van der Waals surface area contributed by atoms with Crippen LogP contribution in [0.2, 0.25) is 0 Å². The van der Waals surface area contributed by atoms with Gasteiger partial charge in [-0.2, -0.15) is 5.10 Å². The summed E-state index contributed by atoms with van der Waals surface area (Å²) in [5.41, 5.74) is 3.02. The summed E-state index contributed by atoms with van der Waals surface area (Å²) in [5, 5.41) is 10.9. The number of amides is 1. The average Bonchev–Trinajstić information content (AvgIpc) is 3.24. The van der Waals surface area contributed by atoms with Crippen molar-refractivity contribution in [3.05, 3.63) is 66.2 Å². The van der Waals surface area contributed by atoms with E-state index in [0.717, 1.165) is 10.9 Å². The summed E-state index contributed by atoms with van der Waals surface area (Å²) >= 11 is 0. The molecule has 2 N–H and O–H groups in total. The molecular formula is C18H14N4O2. The number of pyridine rings is 1. The third-order valence-electron chi connectivity index (χ3n) is 3.81. The number of aromatic amines is 1. The number of anilines is 1. The molecule has 0 saturated heterocycles. The van der Waals surface area contributed by atoms with Gasteiger partial charge in [-0.15, -0.1) is 0 Å². The Morgan fingerprint density at radius 1 is 1.17 bits per heavy atom. The normalized spacial score (nSPS) is 10.9. The summed E-state index contributed by atoms with van der Waals surface area (Å²) in [6.07, 6.45) is 3.25. The first kappa shape index (κ1) is 14.2. The first-order valence-electron chi connectivity index (χ1n) is 7.48. The van der Waals surface area contributed by atoms with E-state index < -0.39 is 0 Å². The van der Waals surface area contributed by atoms with Gasteiger partial charge in [0.05, 0.1) is 23.0 Å². The molecular weight excluding hydrogens is 304 g/mol. The van der Waals surface area contributed by atoms with Crippen LogP contribution in [-0.4, -0.2) is 21.1 Å². The summed E-state index contributed by atoms with van der Waals surface area (Å²) in [4.78, 5) is 17.2. The van der Waals surface area contributed by atoms with Crippen molar-refractivity contribution in [1.82, 2.24) is 15.2 Å². The molecule has 0 bridgehead atoms. The Bertz CT molecular complexity index is 1010. The molecule has 6 heteroatoms. The number of carbonyl (C=O) groups excluding carboxylic acids is 1. The summed E-state index contributed by atoms with van der Waals surface area (Å²) in [7, 11) is 0. The van der Waals surface area contributed by atoms with Gasteiger partial charge in [0.1, 0.15) is 5.69 Å². The van der Waals surface area contributed by atoms with E-state index in [1.807, 2.05) is 30.3 Å². The van der Waals surface area contributed by atoms with Crippen molar-refractivity contribution in [1.29, 1.82) is 0 Å². The molecule has 0 aliphatic rings. The van der Waals surface area contributed by atoms with Crippen molar-refractivity contribution in [2.75, 3.05) is 5.32 Å². The Kier molecular flexibility index (Phi) is 3.35. The van der Waals surface area contributed by atoms with E-state index in [2.05, 4.69) is 20.5 Å². The van der Waals surface area contributed by atoms with Crippen LogP contribution in [0, 0.1) is 6.92 Å². The standard InChI is InChI=1S/C18H14N4O2/c1-11-15(17(22-21-11)14-8-4-10-24-14)18(23)20-13-7-2-5-12-6-3-9-19-16(12)13/h2-10H,1H3,(H,20,23)(H,21,22). The summed E-state index contributed by atoms with van der Waals surface area (Å²) in [6, 6.07) is 13.0. The first-order valence-corrected chi connectivity index (χ1v) is 7.48. The zero-order valence-electron chi connectivity index (χ0n) is 12.9. The topological polar surface area (TPSA) is 83.8 Å². The minimum Gasteiger partial charge on any atom is -0.463 e. The Morgan fingerprint density at radius 2 is 2.04 bits per heavy atom. The number of nitrogens with zero attached hydrogens (tertiary/aromatic N) is 2. The number of H-pyrrole nitrogens is 1. The molecule has 0 saturated carbocycles. The number of benzene rings is 1. The van der Waals surface area contributed by atoms with E-state index in [1.165, 1.54) is 0 Å². The number of hydrogen-bond donors (Lipinski definition) is 2. The van der Waals surface area contributed by atoms with Crippen LogP contribution >= 0.6 is 0 Å². The van der Waals surface area contributed by atoms with Crippen molar-refractivity contribution in [2.45, 2.75) is 6.92 Å². The Labute approximate surface area is 137 Å². The van der Waals surface area contributed by atoms with Crippen molar-refractivity contribution in [2.24, 2.45) is 0 Å². The van der Waals surface area contributed by atoms with Crippen molar-refractivity contribution >= 4 is 22.5 Å². The number of nitrogens with one attached hydrogen (secondary N) is 2. The SMILES string of the molecule is Cc1[nH]nc(-c2ccco2)c1C(=O)Nc1cccc2cccnc12. The fraction of sp³-hybridized carbons (Fsp3) is 0.0556. The molecule has 0 unspecified atom stereocenters. The fourth-order valence-corrected chi connectivity index (χ4v) is 2.69. The number of para-hydroxylation sites is 1. The van der Waals surface area contributed by atoms with E-state index >= 15 is 0 Å². The second-order valence-electron chi connectivity index (χ2n) is 5.38. The summed E-state index contributed by atoms with van der Waals surface area (Å²) < 4.78 is 5.37. The minimum atomic E-state index is -0.259. The molecule has 0 aliphatic heterocycles. The van der Waals surface area contributed by atoms with Gasteiger partial charge in [0.2, 0.25) is 0 Å². The third kappa shape index (κ3) is 2.34. The molecule has 6 nitrogen and oxygen atoms in total. The predicted molar refractivity (Wildman–Crippen MR) is 90.7 cm³/mol. The maximum atomic E-state index is 12.8. The molecule has 3 aromatic heterocycles. The number of aryl methyl sites for hydroxylation is 1. The van der Waals surface area contributed by atoms with Gasteiger partial charge in [-0.25, -0.2) is 0 Å². The van der Waals surface area contributed by atoms with Crippen molar-refractivity contribution < 1.29 is 9.21 Å². The molecule has 1 amide bonds. The number of fused-ring (bicyclic) bond motifs is 1.